The molecule has 20 heavy (non-hydrogen) atoms. The van der Waals surface area contributed by atoms with Gasteiger partial charge in [-0.25, -0.2) is 0 Å². The van der Waals surface area contributed by atoms with Crippen molar-refractivity contribution in [3.8, 4) is 0 Å². The Balaban J connectivity index is 2.01. The summed E-state index contributed by atoms with van der Waals surface area (Å²) in [6.45, 7) is 4.20. The van der Waals surface area contributed by atoms with Crippen LogP contribution in [0.3, 0.4) is 0 Å². The Morgan fingerprint density at radius 3 is 2.55 bits per heavy atom. The van der Waals surface area contributed by atoms with Gasteiger partial charge in [-0.1, -0.05) is 61.0 Å². The van der Waals surface area contributed by atoms with Gasteiger partial charge in [-0.15, -0.1) is 0 Å². The van der Waals surface area contributed by atoms with E-state index in [0.717, 1.165) is 31.0 Å². The third kappa shape index (κ3) is 4.66. The van der Waals surface area contributed by atoms with Gasteiger partial charge in [0, 0.05) is 11.6 Å². The molecule has 0 aliphatic carbocycles. The number of nitrogens with one attached hydrogen (secondary N) is 1. The molecule has 0 heterocycles. The van der Waals surface area contributed by atoms with E-state index in [2.05, 4.69) is 54.7 Å². The Kier molecular flexibility index (Phi) is 6.10. The maximum atomic E-state index is 6.05. The van der Waals surface area contributed by atoms with Crippen molar-refractivity contribution in [1.29, 1.82) is 0 Å². The van der Waals surface area contributed by atoms with Crippen LogP contribution in [0.2, 0.25) is 5.02 Å². The third-order valence-corrected chi connectivity index (χ3v) is 3.82. The van der Waals surface area contributed by atoms with Crippen molar-refractivity contribution in [3.63, 3.8) is 0 Å². The van der Waals surface area contributed by atoms with Crippen LogP contribution in [0.25, 0.3) is 0 Å². The van der Waals surface area contributed by atoms with Crippen molar-refractivity contribution in [3.05, 3.63) is 70.7 Å². The van der Waals surface area contributed by atoms with Crippen LogP contribution in [-0.4, -0.2) is 13.1 Å². The monoisotopic (exact) mass is 287 g/mol. The lowest BCUT2D eigenvalue weighted by molar-refractivity contribution is 0.562. The first-order valence-corrected chi connectivity index (χ1v) is 7.67. The molecular weight excluding hydrogens is 266 g/mol. The highest BCUT2D eigenvalue weighted by Crippen LogP contribution is 2.22. The Morgan fingerprint density at radius 1 is 1.05 bits per heavy atom. The molecule has 2 aromatic carbocycles. The van der Waals surface area contributed by atoms with Crippen molar-refractivity contribution in [1.82, 2.24) is 5.32 Å². The first kappa shape index (κ1) is 15.1. The molecule has 2 aromatic rings. The summed E-state index contributed by atoms with van der Waals surface area (Å²) in [7, 11) is 0. The van der Waals surface area contributed by atoms with Gasteiger partial charge in [-0.3, -0.25) is 0 Å². The van der Waals surface area contributed by atoms with Gasteiger partial charge in [0.05, 0.1) is 0 Å². The zero-order valence-corrected chi connectivity index (χ0v) is 12.7. The molecule has 0 amide bonds. The predicted molar refractivity (Wildman–Crippen MR) is 87.5 cm³/mol. The molecule has 0 aliphatic heterocycles. The number of halogens is 1. The van der Waals surface area contributed by atoms with E-state index in [0.29, 0.717) is 5.92 Å². The Morgan fingerprint density at radius 2 is 1.85 bits per heavy atom. The van der Waals surface area contributed by atoms with Crippen molar-refractivity contribution in [2.24, 2.45) is 0 Å². The van der Waals surface area contributed by atoms with E-state index in [1.54, 1.807) is 0 Å². The minimum Gasteiger partial charge on any atom is -0.316 e. The van der Waals surface area contributed by atoms with Gasteiger partial charge in [0.15, 0.2) is 0 Å². The van der Waals surface area contributed by atoms with E-state index < -0.39 is 0 Å². The molecule has 106 valence electrons. The lowest BCUT2D eigenvalue weighted by atomic mass is 9.92. The Bertz CT molecular complexity index is 510. The zero-order chi connectivity index (χ0) is 14.2. The molecule has 0 spiro atoms. The van der Waals surface area contributed by atoms with E-state index in [4.69, 9.17) is 11.6 Å². The minimum absolute atomic E-state index is 0.551. The lowest BCUT2D eigenvalue weighted by Gasteiger charge is -2.18. The maximum absolute atomic E-state index is 6.05. The van der Waals surface area contributed by atoms with Gasteiger partial charge < -0.3 is 5.32 Å². The second-order valence-corrected chi connectivity index (χ2v) is 5.52. The molecular formula is C18H22ClN. The highest BCUT2D eigenvalue weighted by atomic mass is 35.5. The minimum atomic E-state index is 0.551. The standard InChI is InChI=1S/C18H22ClN/c1-2-20-14-17(16-8-4-3-5-9-16)12-11-15-7-6-10-18(19)13-15/h3-10,13,17,20H,2,11-12,14H2,1H3. The Hall–Kier alpha value is -1.31. The van der Waals surface area contributed by atoms with Gasteiger partial charge in [0.2, 0.25) is 0 Å². The highest BCUT2D eigenvalue weighted by molar-refractivity contribution is 6.30. The van der Waals surface area contributed by atoms with Crippen molar-refractivity contribution >= 4 is 11.6 Å². The summed E-state index contributed by atoms with van der Waals surface area (Å²) in [5.41, 5.74) is 2.73. The molecule has 1 N–H and O–H groups in total. The van der Waals surface area contributed by atoms with Crippen LogP contribution in [0.15, 0.2) is 54.6 Å². The summed E-state index contributed by atoms with van der Waals surface area (Å²) in [5.74, 6) is 0.551. The number of likely N-dealkylation sites (N-methyl/N-ethyl adjacent to an activating group) is 1. The Labute approximate surface area is 127 Å². The number of aryl methyl sites for hydroxylation is 1. The van der Waals surface area contributed by atoms with Crippen LogP contribution in [-0.2, 0) is 6.42 Å². The summed E-state index contributed by atoms with van der Waals surface area (Å²) >= 11 is 6.05. The highest BCUT2D eigenvalue weighted by Gasteiger charge is 2.11. The first-order chi connectivity index (χ1) is 9.79. The van der Waals surface area contributed by atoms with Crippen molar-refractivity contribution in [2.45, 2.75) is 25.7 Å². The molecule has 1 unspecified atom stereocenters. The van der Waals surface area contributed by atoms with E-state index in [1.807, 2.05) is 12.1 Å². The number of rotatable bonds is 7. The van der Waals surface area contributed by atoms with Gasteiger partial charge in [0.25, 0.3) is 0 Å². The fourth-order valence-corrected chi connectivity index (χ4v) is 2.68. The molecule has 0 radical (unpaired) electrons. The van der Waals surface area contributed by atoms with E-state index in [1.165, 1.54) is 11.1 Å². The van der Waals surface area contributed by atoms with Crippen molar-refractivity contribution in [2.75, 3.05) is 13.1 Å². The van der Waals surface area contributed by atoms with Gasteiger partial charge in [0.1, 0.15) is 0 Å². The fraction of sp³-hybridized carbons (Fsp3) is 0.333. The largest absolute Gasteiger partial charge is 0.316 e. The third-order valence-electron chi connectivity index (χ3n) is 3.58. The van der Waals surface area contributed by atoms with Crippen molar-refractivity contribution < 1.29 is 0 Å². The number of benzene rings is 2. The summed E-state index contributed by atoms with van der Waals surface area (Å²) in [6, 6.07) is 18.9. The lowest BCUT2D eigenvalue weighted by Crippen LogP contribution is -2.21. The molecule has 0 fully saturated rings. The van der Waals surface area contributed by atoms with Gasteiger partial charge in [-0.2, -0.15) is 0 Å². The van der Waals surface area contributed by atoms with E-state index >= 15 is 0 Å². The normalized spacial score (nSPS) is 12.3. The van der Waals surface area contributed by atoms with Crippen LogP contribution in [0.1, 0.15) is 30.4 Å². The predicted octanol–water partition coefficient (Wildman–Crippen LogP) is 4.67. The molecule has 1 atom stereocenters. The van der Waals surface area contributed by atoms with Gasteiger partial charge in [-0.05, 0) is 48.6 Å². The molecule has 0 aliphatic rings. The zero-order valence-electron chi connectivity index (χ0n) is 12.0. The second kappa shape index (κ2) is 8.08. The second-order valence-electron chi connectivity index (χ2n) is 5.08. The average Bonchev–Trinajstić information content (AvgIpc) is 2.48. The summed E-state index contributed by atoms with van der Waals surface area (Å²) < 4.78 is 0. The van der Waals surface area contributed by atoms with Gasteiger partial charge >= 0.3 is 0 Å². The molecule has 0 bridgehead atoms. The number of hydrogen-bond acceptors (Lipinski definition) is 1. The van der Waals surface area contributed by atoms with E-state index in [9.17, 15) is 0 Å². The van der Waals surface area contributed by atoms with Crippen LogP contribution in [0.4, 0.5) is 0 Å². The summed E-state index contributed by atoms with van der Waals surface area (Å²) in [4.78, 5) is 0. The molecule has 0 saturated heterocycles. The van der Waals surface area contributed by atoms with Crippen LogP contribution in [0, 0.1) is 0 Å². The molecule has 0 aromatic heterocycles. The van der Waals surface area contributed by atoms with Crippen LogP contribution < -0.4 is 5.32 Å². The molecule has 1 nitrogen and oxygen atoms in total. The first-order valence-electron chi connectivity index (χ1n) is 7.29. The smallest absolute Gasteiger partial charge is 0.0408 e. The number of hydrogen-bond donors (Lipinski definition) is 1. The molecule has 2 rings (SSSR count). The quantitative estimate of drug-likeness (QED) is 0.780. The van der Waals surface area contributed by atoms with E-state index in [-0.39, 0.29) is 0 Å². The SMILES string of the molecule is CCNCC(CCc1cccc(Cl)c1)c1ccccc1. The maximum Gasteiger partial charge on any atom is 0.0408 e. The van der Waals surface area contributed by atoms with Crippen LogP contribution in [0.5, 0.6) is 0 Å². The fourth-order valence-electron chi connectivity index (χ4n) is 2.46. The van der Waals surface area contributed by atoms with Crippen LogP contribution >= 0.6 is 11.6 Å². The molecule has 0 saturated carbocycles. The molecule has 2 heteroatoms. The average molecular weight is 288 g/mol. The summed E-state index contributed by atoms with van der Waals surface area (Å²) in [6.07, 6.45) is 2.20. The summed E-state index contributed by atoms with van der Waals surface area (Å²) in [5, 5.41) is 4.29. The topological polar surface area (TPSA) is 12.0 Å².